The molecule has 0 saturated carbocycles. The first kappa shape index (κ1) is 18.1. The van der Waals surface area contributed by atoms with Crippen LogP contribution in [0.2, 0.25) is 0 Å². The monoisotopic (exact) mass is 318 g/mol. The summed E-state index contributed by atoms with van der Waals surface area (Å²) in [6, 6.07) is 6.58. The zero-order valence-electron chi connectivity index (χ0n) is 13.4. The highest BCUT2D eigenvalue weighted by Gasteiger charge is 2.15. The maximum Gasteiger partial charge on any atom is 0.404 e. The number of ether oxygens (including phenoxy) is 2. The third-order valence-electron chi connectivity index (χ3n) is 2.76. The highest BCUT2D eigenvalue weighted by molar-refractivity contribution is 5.87. The van der Waals surface area contributed by atoms with E-state index in [0.29, 0.717) is 10.4 Å². The van der Waals surface area contributed by atoms with Crippen LogP contribution in [0.15, 0.2) is 36.7 Å². The summed E-state index contributed by atoms with van der Waals surface area (Å²) in [6.45, 7) is 3.68. The van der Waals surface area contributed by atoms with E-state index in [1.54, 1.807) is 25.3 Å². The van der Waals surface area contributed by atoms with Crippen LogP contribution < -0.4 is 4.73 Å². The van der Waals surface area contributed by atoms with Crippen molar-refractivity contribution in [1.29, 1.82) is 0 Å². The fourth-order valence-corrected chi connectivity index (χ4v) is 1.54. The molecule has 0 unspecified atom stereocenters. The first-order valence-electron chi connectivity index (χ1n) is 6.68. The molecule has 23 heavy (non-hydrogen) atoms. The number of pyridine rings is 2. The normalized spacial score (nSPS) is 9.39. The number of methoxy groups -OCH3 is 2. The summed E-state index contributed by atoms with van der Waals surface area (Å²) in [7, 11) is 2.58. The van der Waals surface area contributed by atoms with Crippen LogP contribution in [0.25, 0.3) is 0 Å². The number of hydrogen-bond acceptors (Lipinski definition) is 6. The van der Waals surface area contributed by atoms with Crippen molar-refractivity contribution in [3.05, 3.63) is 64.4 Å². The molecule has 7 heteroatoms. The third kappa shape index (κ3) is 5.39. The Morgan fingerprint density at radius 2 is 1.61 bits per heavy atom. The molecule has 122 valence electrons. The van der Waals surface area contributed by atoms with E-state index < -0.39 is 11.9 Å². The van der Waals surface area contributed by atoms with Gasteiger partial charge in [0.15, 0.2) is 6.20 Å². The van der Waals surface area contributed by atoms with Crippen LogP contribution in [0.5, 0.6) is 0 Å². The molecule has 0 fully saturated rings. The van der Waals surface area contributed by atoms with Gasteiger partial charge in [0, 0.05) is 17.8 Å². The fraction of sp³-hybridized carbons (Fsp3) is 0.250. The zero-order valence-corrected chi connectivity index (χ0v) is 13.4. The lowest BCUT2D eigenvalue weighted by atomic mass is 10.3. The van der Waals surface area contributed by atoms with Gasteiger partial charge in [-0.25, -0.2) is 14.6 Å². The molecule has 0 N–H and O–H groups in total. The van der Waals surface area contributed by atoms with Crippen LogP contribution in [0.3, 0.4) is 0 Å². The summed E-state index contributed by atoms with van der Waals surface area (Å²) in [6.07, 6.45) is 2.96. The predicted octanol–water partition coefficient (Wildman–Crippen LogP) is 1.59. The van der Waals surface area contributed by atoms with E-state index in [-0.39, 0.29) is 5.69 Å². The first-order chi connectivity index (χ1) is 10.9. The molecule has 2 heterocycles. The van der Waals surface area contributed by atoms with Crippen molar-refractivity contribution in [3.8, 4) is 0 Å². The zero-order chi connectivity index (χ0) is 17.4. The standard InChI is InChI=1S/C8H9NO3.C8H9NO2/c1-6-3-4-7(8(10)12-2)9(11)5-6;1-6-3-4-7(9-5-6)8(10)11-2/h3-5H,1-2H3;3-5H,1-2H3. The van der Waals surface area contributed by atoms with Crippen molar-refractivity contribution in [2.24, 2.45) is 0 Å². The Kier molecular flexibility index (Phi) is 6.67. The molecule has 2 rings (SSSR count). The van der Waals surface area contributed by atoms with E-state index in [4.69, 9.17) is 0 Å². The molecular formula is C16H18N2O5. The van der Waals surface area contributed by atoms with Crippen molar-refractivity contribution >= 4 is 11.9 Å². The molecule has 0 radical (unpaired) electrons. The molecule has 0 spiro atoms. The van der Waals surface area contributed by atoms with E-state index in [0.717, 1.165) is 11.1 Å². The second kappa shape index (κ2) is 8.47. The van der Waals surface area contributed by atoms with Crippen LogP contribution in [-0.4, -0.2) is 31.1 Å². The summed E-state index contributed by atoms with van der Waals surface area (Å²) >= 11 is 0. The van der Waals surface area contributed by atoms with Gasteiger partial charge in [0.25, 0.3) is 0 Å². The maximum atomic E-state index is 11.1. The lowest BCUT2D eigenvalue weighted by Crippen LogP contribution is -2.34. The Hall–Kier alpha value is -2.96. The summed E-state index contributed by atoms with van der Waals surface area (Å²) in [5.74, 6) is -1.02. The molecule has 0 saturated heterocycles. The molecular weight excluding hydrogens is 300 g/mol. The van der Waals surface area contributed by atoms with Crippen LogP contribution >= 0.6 is 0 Å². The average molecular weight is 318 g/mol. The lowest BCUT2D eigenvalue weighted by Gasteiger charge is -2.02. The fourth-order valence-electron chi connectivity index (χ4n) is 1.54. The molecule has 2 aromatic heterocycles. The second-order valence-electron chi connectivity index (χ2n) is 4.62. The van der Waals surface area contributed by atoms with Gasteiger partial charge in [0.1, 0.15) is 5.69 Å². The molecule has 0 aliphatic carbocycles. The smallest absolute Gasteiger partial charge is 0.404 e. The van der Waals surface area contributed by atoms with Gasteiger partial charge < -0.3 is 14.7 Å². The summed E-state index contributed by atoms with van der Waals surface area (Å²) in [4.78, 5) is 25.6. The van der Waals surface area contributed by atoms with Gasteiger partial charge in [-0.15, -0.1) is 0 Å². The number of carbonyl (C=O) groups is 2. The largest absolute Gasteiger partial charge is 0.618 e. The maximum absolute atomic E-state index is 11.1. The number of carbonyl (C=O) groups excluding carboxylic acids is 2. The molecule has 2 aromatic rings. The molecule has 0 amide bonds. The topological polar surface area (TPSA) is 92.4 Å². The van der Waals surface area contributed by atoms with Crippen molar-refractivity contribution < 1.29 is 23.8 Å². The van der Waals surface area contributed by atoms with Gasteiger partial charge in [-0.3, -0.25) is 0 Å². The van der Waals surface area contributed by atoms with Crippen LogP contribution in [-0.2, 0) is 9.47 Å². The molecule has 7 nitrogen and oxygen atoms in total. The van der Waals surface area contributed by atoms with Crippen LogP contribution in [0.1, 0.15) is 32.1 Å². The highest BCUT2D eigenvalue weighted by Crippen LogP contribution is 1.99. The van der Waals surface area contributed by atoms with E-state index in [9.17, 15) is 14.8 Å². The van der Waals surface area contributed by atoms with Gasteiger partial charge >= 0.3 is 17.6 Å². The van der Waals surface area contributed by atoms with Crippen molar-refractivity contribution in [3.63, 3.8) is 0 Å². The number of nitrogens with zero attached hydrogens (tertiary/aromatic N) is 2. The lowest BCUT2D eigenvalue weighted by molar-refractivity contribution is -0.608. The Morgan fingerprint density at radius 1 is 1.00 bits per heavy atom. The first-order valence-corrected chi connectivity index (χ1v) is 6.68. The van der Waals surface area contributed by atoms with E-state index >= 15 is 0 Å². The average Bonchev–Trinajstić information content (AvgIpc) is 2.55. The summed E-state index contributed by atoms with van der Waals surface area (Å²) < 4.78 is 9.37. The van der Waals surface area contributed by atoms with Crippen molar-refractivity contribution in [2.75, 3.05) is 14.2 Å². The number of aromatic nitrogens is 2. The van der Waals surface area contributed by atoms with Gasteiger partial charge in [-0.05, 0) is 31.5 Å². The number of esters is 2. The van der Waals surface area contributed by atoms with Gasteiger partial charge in [-0.2, -0.15) is 4.73 Å². The molecule has 0 atom stereocenters. The van der Waals surface area contributed by atoms with Gasteiger partial charge in [-0.1, -0.05) is 6.07 Å². The molecule has 0 aromatic carbocycles. The Labute approximate surface area is 134 Å². The third-order valence-corrected chi connectivity index (χ3v) is 2.76. The van der Waals surface area contributed by atoms with Gasteiger partial charge in [0.05, 0.1) is 14.2 Å². The summed E-state index contributed by atoms with van der Waals surface area (Å²) in [5.41, 5.74) is 2.18. The molecule has 0 bridgehead atoms. The van der Waals surface area contributed by atoms with Gasteiger partial charge in [0.2, 0.25) is 0 Å². The quantitative estimate of drug-likeness (QED) is 0.474. The second-order valence-corrected chi connectivity index (χ2v) is 4.62. The highest BCUT2D eigenvalue weighted by atomic mass is 16.5. The Balaban J connectivity index is 0.000000231. The Morgan fingerprint density at radius 3 is 2.09 bits per heavy atom. The minimum absolute atomic E-state index is 0.00287. The number of hydrogen-bond donors (Lipinski definition) is 0. The summed E-state index contributed by atoms with van der Waals surface area (Å²) in [5, 5.41) is 11.1. The number of rotatable bonds is 2. The van der Waals surface area contributed by atoms with Crippen molar-refractivity contribution in [1.82, 2.24) is 4.98 Å². The van der Waals surface area contributed by atoms with E-state index in [1.807, 2.05) is 13.0 Å². The predicted molar refractivity (Wildman–Crippen MR) is 81.8 cm³/mol. The van der Waals surface area contributed by atoms with E-state index in [1.165, 1.54) is 26.5 Å². The van der Waals surface area contributed by atoms with Crippen molar-refractivity contribution in [2.45, 2.75) is 13.8 Å². The van der Waals surface area contributed by atoms with Crippen LogP contribution in [0, 0.1) is 19.1 Å². The molecule has 0 aliphatic heterocycles. The minimum Gasteiger partial charge on any atom is -0.618 e. The molecule has 0 aliphatic rings. The van der Waals surface area contributed by atoms with E-state index in [2.05, 4.69) is 14.5 Å². The Bertz CT molecular complexity index is 683. The number of aryl methyl sites for hydroxylation is 2. The minimum atomic E-state index is -0.620. The van der Waals surface area contributed by atoms with Crippen LogP contribution in [0.4, 0.5) is 0 Å². The SMILES string of the molecule is COC(=O)c1ccc(C)c[n+]1[O-].COC(=O)c1ccc(C)cn1.